The van der Waals surface area contributed by atoms with Gasteiger partial charge in [-0.1, -0.05) is 6.07 Å². The number of thioether (sulfide) groups is 1. The van der Waals surface area contributed by atoms with Gasteiger partial charge in [-0.3, -0.25) is 4.79 Å². The lowest BCUT2D eigenvalue weighted by Crippen LogP contribution is -2.40. The van der Waals surface area contributed by atoms with Crippen LogP contribution in [0.5, 0.6) is 11.5 Å². The lowest BCUT2D eigenvalue weighted by atomic mass is 10.2. The number of aromatic hydroxyl groups is 2. The van der Waals surface area contributed by atoms with E-state index in [0.717, 1.165) is 0 Å². The van der Waals surface area contributed by atoms with Crippen molar-refractivity contribution in [1.82, 2.24) is 5.32 Å². The van der Waals surface area contributed by atoms with Crippen molar-refractivity contribution in [3.8, 4) is 11.5 Å². The second-order valence-corrected chi connectivity index (χ2v) is 5.25. The number of rotatable bonds is 7. The molecule has 0 saturated heterocycles. The summed E-state index contributed by atoms with van der Waals surface area (Å²) in [6, 6.07) is 3.18. The van der Waals surface area contributed by atoms with E-state index in [2.05, 4.69) is 5.32 Å². The number of carbonyl (C=O) groups excluding carboxylic acids is 1. The number of hydrogen-bond acceptors (Lipinski definition) is 5. The average Bonchev–Trinajstić information content (AvgIpc) is 2.44. The molecule has 0 radical (unpaired) electrons. The highest BCUT2D eigenvalue weighted by Gasteiger charge is 2.17. The van der Waals surface area contributed by atoms with E-state index in [1.165, 1.54) is 42.1 Å². The van der Waals surface area contributed by atoms with E-state index >= 15 is 0 Å². The van der Waals surface area contributed by atoms with E-state index in [-0.39, 0.29) is 11.5 Å². The predicted molar refractivity (Wildman–Crippen MR) is 81.4 cm³/mol. The van der Waals surface area contributed by atoms with E-state index in [0.29, 0.717) is 17.7 Å². The standard InChI is InChI=1S/C14H17NO5S/c1-21-7-6-10(14(19)20)15-13(18)5-3-9-2-4-11(16)12(17)8-9/h2-5,8,10,16-17H,6-7H2,1H3,(H,15,18)(H,19,20). The molecule has 1 amide bonds. The van der Waals surface area contributed by atoms with Gasteiger partial charge in [-0.2, -0.15) is 11.8 Å². The minimum atomic E-state index is -1.08. The van der Waals surface area contributed by atoms with Crippen LogP contribution >= 0.6 is 11.8 Å². The van der Waals surface area contributed by atoms with E-state index in [4.69, 9.17) is 10.2 Å². The molecule has 1 aromatic carbocycles. The molecule has 0 heterocycles. The monoisotopic (exact) mass is 311 g/mol. The lowest BCUT2D eigenvalue weighted by Gasteiger charge is -2.12. The normalized spacial score (nSPS) is 12.2. The SMILES string of the molecule is CSCCC(NC(=O)C=Cc1ccc(O)c(O)c1)C(=O)O. The zero-order chi connectivity index (χ0) is 15.8. The first-order valence-corrected chi connectivity index (χ1v) is 7.55. The summed E-state index contributed by atoms with van der Waals surface area (Å²) < 4.78 is 0. The highest BCUT2D eigenvalue weighted by atomic mass is 32.2. The number of amides is 1. The molecule has 6 nitrogen and oxygen atoms in total. The third-order valence-electron chi connectivity index (χ3n) is 2.65. The summed E-state index contributed by atoms with van der Waals surface area (Å²) in [4.78, 5) is 22.7. The van der Waals surface area contributed by atoms with Crippen LogP contribution in [-0.2, 0) is 9.59 Å². The van der Waals surface area contributed by atoms with Gasteiger partial charge in [-0.15, -0.1) is 0 Å². The quantitative estimate of drug-likeness (QED) is 0.448. The first-order chi connectivity index (χ1) is 9.93. The van der Waals surface area contributed by atoms with Gasteiger partial charge in [0, 0.05) is 6.08 Å². The predicted octanol–water partition coefficient (Wildman–Crippen LogP) is 1.43. The minimum Gasteiger partial charge on any atom is -0.504 e. The third-order valence-corrected chi connectivity index (χ3v) is 3.30. The van der Waals surface area contributed by atoms with Gasteiger partial charge in [-0.25, -0.2) is 4.79 Å². The molecule has 1 aromatic rings. The molecule has 0 aromatic heterocycles. The van der Waals surface area contributed by atoms with Crippen molar-refractivity contribution in [2.24, 2.45) is 0 Å². The van der Waals surface area contributed by atoms with Gasteiger partial charge in [0.05, 0.1) is 0 Å². The summed E-state index contributed by atoms with van der Waals surface area (Å²) in [6.45, 7) is 0. The largest absolute Gasteiger partial charge is 0.504 e. The Morgan fingerprint density at radius 3 is 2.62 bits per heavy atom. The second kappa shape index (κ2) is 8.21. The van der Waals surface area contributed by atoms with Crippen molar-refractivity contribution in [3.05, 3.63) is 29.8 Å². The number of aliphatic carboxylic acids is 1. The fraction of sp³-hybridized carbons (Fsp3) is 0.286. The van der Waals surface area contributed by atoms with Gasteiger partial charge in [0.15, 0.2) is 11.5 Å². The molecule has 0 aliphatic rings. The topological polar surface area (TPSA) is 107 Å². The molecule has 0 aliphatic heterocycles. The van der Waals surface area contributed by atoms with Crippen LogP contribution in [-0.4, -0.2) is 45.2 Å². The van der Waals surface area contributed by atoms with Gasteiger partial charge < -0.3 is 20.6 Å². The Balaban J connectivity index is 2.64. The summed E-state index contributed by atoms with van der Waals surface area (Å²) in [5.74, 6) is -1.52. The molecule has 0 bridgehead atoms. The average molecular weight is 311 g/mol. The summed E-state index contributed by atoms with van der Waals surface area (Å²) >= 11 is 1.50. The van der Waals surface area contributed by atoms with Crippen molar-refractivity contribution < 1.29 is 24.9 Å². The van der Waals surface area contributed by atoms with Crippen molar-refractivity contribution >= 4 is 29.7 Å². The van der Waals surface area contributed by atoms with Crippen molar-refractivity contribution in [2.45, 2.75) is 12.5 Å². The Morgan fingerprint density at radius 2 is 2.05 bits per heavy atom. The number of phenolic OH excluding ortho intramolecular Hbond substituents is 2. The second-order valence-electron chi connectivity index (χ2n) is 4.26. The van der Waals surface area contributed by atoms with Crippen molar-refractivity contribution in [2.75, 3.05) is 12.0 Å². The van der Waals surface area contributed by atoms with Gasteiger partial charge >= 0.3 is 5.97 Å². The Morgan fingerprint density at radius 1 is 1.33 bits per heavy atom. The number of phenols is 2. The molecule has 0 spiro atoms. The Kier molecular flexibility index (Phi) is 6.61. The Labute approximate surface area is 126 Å². The summed E-state index contributed by atoms with van der Waals surface area (Å²) in [6.07, 6.45) is 4.80. The lowest BCUT2D eigenvalue weighted by molar-refractivity contribution is -0.141. The summed E-state index contributed by atoms with van der Waals surface area (Å²) in [7, 11) is 0. The summed E-state index contributed by atoms with van der Waals surface area (Å²) in [5, 5.41) is 29.9. The summed E-state index contributed by atoms with van der Waals surface area (Å²) in [5.41, 5.74) is 0.511. The van der Waals surface area contributed by atoms with Gasteiger partial charge in [-0.05, 0) is 42.2 Å². The Bertz CT molecular complexity index is 544. The zero-order valence-corrected chi connectivity index (χ0v) is 12.3. The molecule has 7 heteroatoms. The number of benzene rings is 1. The van der Waals surface area contributed by atoms with E-state index < -0.39 is 17.9 Å². The third kappa shape index (κ3) is 5.78. The maximum atomic E-state index is 11.7. The number of hydrogen-bond donors (Lipinski definition) is 4. The number of nitrogens with one attached hydrogen (secondary N) is 1. The highest BCUT2D eigenvalue weighted by Crippen LogP contribution is 2.25. The molecule has 1 atom stereocenters. The van der Waals surface area contributed by atoms with Crippen molar-refractivity contribution in [1.29, 1.82) is 0 Å². The van der Waals surface area contributed by atoms with Gasteiger partial charge in [0.25, 0.3) is 0 Å². The minimum absolute atomic E-state index is 0.250. The number of carbonyl (C=O) groups is 2. The zero-order valence-electron chi connectivity index (χ0n) is 11.4. The van der Waals surface area contributed by atoms with E-state index in [1.807, 2.05) is 6.26 Å². The molecular weight excluding hydrogens is 294 g/mol. The molecule has 1 rings (SSSR count). The van der Waals surface area contributed by atoms with E-state index in [9.17, 15) is 14.7 Å². The van der Waals surface area contributed by atoms with Crippen LogP contribution in [0.4, 0.5) is 0 Å². The van der Waals surface area contributed by atoms with Crippen molar-refractivity contribution in [3.63, 3.8) is 0 Å². The number of carboxylic acids is 1. The fourth-order valence-corrected chi connectivity index (χ4v) is 2.00. The van der Waals surface area contributed by atoms with Crippen LogP contribution < -0.4 is 5.32 Å². The van der Waals surface area contributed by atoms with Crippen LogP contribution in [0.2, 0.25) is 0 Å². The smallest absolute Gasteiger partial charge is 0.326 e. The molecule has 114 valence electrons. The molecule has 4 N–H and O–H groups in total. The number of carboxylic acid groups (broad SMARTS) is 1. The fourth-order valence-electron chi connectivity index (χ4n) is 1.53. The van der Waals surface area contributed by atoms with E-state index in [1.54, 1.807) is 0 Å². The van der Waals surface area contributed by atoms with Crippen LogP contribution in [0, 0.1) is 0 Å². The molecule has 0 aliphatic carbocycles. The molecule has 0 fully saturated rings. The highest BCUT2D eigenvalue weighted by molar-refractivity contribution is 7.98. The van der Waals surface area contributed by atoms with Gasteiger partial charge in [0.2, 0.25) is 5.91 Å². The van der Waals surface area contributed by atoms with Gasteiger partial charge in [0.1, 0.15) is 6.04 Å². The molecular formula is C14H17NO5S. The van der Waals surface area contributed by atoms with Crippen LogP contribution in [0.15, 0.2) is 24.3 Å². The maximum absolute atomic E-state index is 11.7. The first kappa shape index (κ1) is 16.9. The van der Waals surface area contributed by atoms with Crippen LogP contribution in [0.25, 0.3) is 6.08 Å². The molecule has 1 unspecified atom stereocenters. The maximum Gasteiger partial charge on any atom is 0.326 e. The molecule has 21 heavy (non-hydrogen) atoms. The molecule has 0 saturated carbocycles. The Hall–Kier alpha value is -2.15. The first-order valence-electron chi connectivity index (χ1n) is 6.16. The van der Waals surface area contributed by atoms with Crippen LogP contribution in [0.1, 0.15) is 12.0 Å². The van der Waals surface area contributed by atoms with Crippen LogP contribution in [0.3, 0.4) is 0 Å².